The number of nitrogens with one attached hydrogen (secondary N) is 1. The summed E-state index contributed by atoms with van der Waals surface area (Å²) in [6.45, 7) is 6.61. The molecule has 8 heteroatoms. The summed E-state index contributed by atoms with van der Waals surface area (Å²) in [5.41, 5.74) is 10.4. The number of primary amides is 1. The summed E-state index contributed by atoms with van der Waals surface area (Å²) in [6, 6.07) is 13.5. The van der Waals surface area contributed by atoms with Crippen LogP contribution in [-0.4, -0.2) is 40.3 Å². The Kier molecular flexibility index (Phi) is 5.59. The highest BCUT2D eigenvalue weighted by Crippen LogP contribution is 2.46. The van der Waals surface area contributed by atoms with E-state index < -0.39 is 5.91 Å². The molecule has 2 aliphatic heterocycles. The third kappa shape index (κ3) is 3.95. The molecule has 3 N–H and O–H groups in total. The van der Waals surface area contributed by atoms with E-state index in [4.69, 9.17) is 10.5 Å². The zero-order valence-corrected chi connectivity index (χ0v) is 20.0. The fraction of sp³-hybridized carbons (Fsp3) is 0.296. The van der Waals surface area contributed by atoms with Gasteiger partial charge in [0.1, 0.15) is 5.75 Å². The van der Waals surface area contributed by atoms with Crippen LogP contribution < -0.4 is 15.8 Å². The molecule has 0 fully saturated rings. The number of hydrogen-bond donors (Lipinski definition) is 2. The monoisotopic (exact) mass is 472 g/mol. The molecule has 5 rings (SSSR count). The highest BCUT2D eigenvalue weighted by atomic mass is 16.5. The second kappa shape index (κ2) is 8.61. The lowest BCUT2D eigenvalue weighted by Gasteiger charge is -2.20. The summed E-state index contributed by atoms with van der Waals surface area (Å²) in [4.78, 5) is 38.2. The molecule has 8 nitrogen and oxygen atoms in total. The van der Waals surface area contributed by atoms with Gasteiger partial charge in [0.05, 0.1) is 17.6 Å². The normalized spacial score (nSPS) is 17.0. The van der Waals surface area contributed by atoms with Crippen molar-refractivity contribution in [3.63, 3.8) is 0 Å². The van der Waals surface area contributed by atoms with E-state index >= 15 is 0 Å². The first-order valence-electron chi connectivity index (χ1n) is 11.7. The molecule has 180 valence electrons. The Bertz CT molecular complexity index is 1380. The Morgan fingerprint density at radius 1 is 1.17 bits per heavy atom. The number of ether oxygens (including phenoxy) is 1. The molecule has 2 aliphatic rings. The van der Waals surface area contributed by atoms with Crippen molar-refractivity contribution in [3.05, 3.63) is 71.1 Å². The number of nitrogens with two attached hydrogens (primary N) is 1. The summed E-state index contributed by atoms with van der Waals surface area (Å²) < 4.78 is 7.67. The zero-order valence-electron chi connectivity index (χ0n) is 20.0. The number of carbonyl (C=O) groups excluding carboxylic acids is 3. The Morgan fingerprint density at radius 3 is 2.57 bits per heavy atom. The molecule has 2 aromatic carbocycles. The maximum absolute atomic E-state index is 13.5. The van der Waals surface area contributed by atoms with Crippen LogP contribution in [0, 0.1) is 5.92 Å². The van der Waals surface area contributed by atoms with Gasteiger partial charge in [0, 0.05) is 42.4 Å². The molecule has 0 saturated heterocycles. The van der Waals surface area contributed by atoms with Crippen molar-refractivity contribution in [1.29, 1.82) is 0 Å². The molecule has 0 saturated carbocycles. The van der Waals surface area contributed by atoms with Crippen molar-refractivity contribution < 1.29 is 19.1 Å². The summed E-state index contributed by atoms with van der Waals surface area (Å²) in [6.07, 6.45) is 2.14. The molecule has 0 aliphatic carbocycles. The van der Waals surface area contributed by atoms with Crippen molar-refractivity contribution in [3.8, 4) is 5.75 Å². The van der Waals surface area contributed by atoms with Crippen LogP contribution in [-0.2, 0) is 20.9 Å². The Hall–Kier alpha value is -4.07. The molecule has 3 aromatic rings. The van der Waals surface area contributed by atoms with E-state index in [1.807, 2.05) is 24.3 Å². The van der Waals surface area contributed by atoms with Gasteiger partial charge in [0.25, 0.3) is 11.8 Å². The molecule has 1 atom stereocenters. The fourth-order valence-electron chi connectivity index (χ4n) is 5.08. The Morgan fingerprint density at radius 2 is 1.91 bits per heavy atom. The number of rotatable bonds is 6. The lowest BCUT2D eigenvalue weighted by molar-refractivity contribution is -0.139. The number of nitrogens with zero attached hydrogens (tertiary/aromatic N) is 2. The summed E-state index contributed by atoms with van der Waals surface area (Å²) >= 11 is 0. The minimum absolute atomic E-state index is 0.208. The number of benzene rings is 2. The quantitative estimate of drug-likeness (QED) is 0.572. The van der Waals surface area contributed by atoms with Crippen LogP contribution in [0.2, 0.25) is 0 Å². The SMILES string of the molecule is CC(=O)N1CC2=C(C1=O)[C@@H](c1ccc(OCC(N)=O)cc1)c1cn(CC(C)C)c3cccc(c13)N2. The van der Waals surface area contributed by atoms with E-state index in [1.165, 1.54) is 11.8 Å². The van der Waals surface area contributed by atoms with E-state index in [0.29, 0.717) is 17.2 Å². The third-order valence-electron chi connectivity index (χ3n) is 6.47. The molecule has 0 radical (unpaired) electrons. The van der Waals surface area contributed by atoms with Crippen LogP contribution >= 0.6 is 0 Å². The van der Waals surface area contributed by atoms with Gasteiger partial charge in [-0.2, -0.15) is 0 Å². The predicted octanol–water partition coefficient (Wildman–Crippen LogP) is 3.36. The van der Waals surface area contributed by atoms with Gasteiger partial charge in [-0.15, -0.1) is 0 Å². The van der Waals surface area contributed by atoms with Crippen LogP contribution in [0.25, 0.3) is 10.9 Å². The largest absolute Gasteiger partial charge is 0.484 e. The van der Waals surface area contributed by atoms with Crippen LogP contribution in [0.1, 0.15) is 37.8 Å². The Labute approximate surface area is 203 Å². The lowest BCUT2D eigenvalue weighted by Crippen LogP contribution is -2.33. The van der Waals surface area contributed by atoms with Crippen molar-refractivity contribution >= 4 is 34.3 Å². The maximum Gasteiger partial charge on any atom is 0.259 e. The van der Waals surface area contributed by atoms with Gasteiger partial charge < -0.3 is 20.4 Å². The van der Waals surface area contributed by atoms with Gasteiger partial charge in [0.2, 0.25) is 5.91 Å². The standard InChI is InChI=1S/C27H28N4O4/c1-15(2)11-30-12-19-24(17-7-9-18(10-8-17)35-14-23(28)33)26-21(13-31(16(3)32)27(26)34)29-20-5-4-6-22(30)25(19)20/h4-10,12,15,24,29H,11,13-14H2,1-3H3,(H2,28,33)/t24-/m0/s1. The first kappa shape index (κ1) is 22.7. The third-order valence-corrected chi connectivity index (χ3v) is 6.47. The van der Waals surface area contributed by atoms with Crippen molar-refractivity contribution in [1.82, 2.24) is 9.47 Å². The van der Waals surface area contributed by atoms with Crippen molar-refractivity contribution in [2.24, 2.45) is 11.7 Å². The van der Waals surface area contributed by atoms with Crippen molar-refractivity contribution in [2.45, 2.75) is 33.2 Å². The van der Waals surface area contributed by atoms with Gasteiger partial charge in [-0.05, 0) is 41.3 Å². The highest BCUT2D eigenvalue weighted by molar-refractivity contribution is 6.11. The molecule has 3 amide bonds. The van der Waals surface area contributed by atoms with Crippen LogP contribution in [0.3, 0.4) is 0 Å². The maximum atomic E-state index is 13.5. The average molecular weight is 473 g/mol. The van der Waals surface area contributed by atoms with E-state index in [1.54, 1.807) is 12.1 Å². The molecule has 3 heterocycles. The summed E-state index contributed by atoms with van der Waals surface area (Å²) in [5, 5.41) is 4.56. The zero-order chi connectivity index (χ0) is 24.9. The van der Waals surface area contributed by atoms with Gasteiger partial charge in [-0.1, -0.05) is 32.0 Å². The van der Waals surface area contributed by atoms with Crippen LogP contribution in [0.15, 0.2) is 59.9 Å². The summed E-state index contributed by atoms with van der Waals surface area (Å²) in [7, 11) is 0. The minimum atomic E-state index is -0.551. The first-order valence-corrected chi connectivity index (χ1v) is 11.7. The number of aromatic nitrogens is 1. The molecule has 35 heavy (non-hydrogen) atoms. The second-order valence-electron chi connectivity index (χ2n) is 9.51. The van der Waals surface area contributed by atoms with E-state index in [0.717, 1.165) is 40.0 Å². The average Bonchev–Trinajstić information content (AvgIpc) is 3.27. The predicted molar refractivity (Wildman–Crippen MR) is 133 cm³/mol. The molecular weight excluding hydrogens is 444 g/mol. The molecule has 0 bridgehead atoms. The van der Waals surface area contributed by atoms with Gasteiger partial charge in [0.15, 0.2) is 6.61 Å². The number of imide groups is 1. The van der Waals surface area contributed by atoms with E-state index in [-0.39, 0.29) is 30.9 Å². The van der Waals surface area contributed by atoms with Gasteiger partial charge in [-0.3, -0.25) is 19.3 Å². The smallest absolute Gasteiger partial charge is 0.259 e. The lowest BCUT2D eigenvalue weighted by atomic mass is 9.84. The number of amides is 3. The van der Waals surface area contributed by atoms with E-state index in [9.17, 15) is 14.4 Å². The fourth-order valence-corrected chi connectivity index (χ4v) is 5.08. The molecular formula is C27H28N4O4. The number of carbonyl (C=O) groups is 3. The number of hydrogen-bond acceptors (Lipinski definition) is 5. The Balaban J connectivity index is 1.68. The topological polar surface area (TPSA) is 107 Å². The minimum Gasteiger partial charge on any atom is -0.484 e. The summed E-state index contributed by atoms with van der Waals surface area (Å²) in [5.74, 6) is -0.538. The van der Waals surface area contributed by atoms with Crippen molar-refractivity contribution in [2.75, 3.05) is 18.5 Å². The molecule has 0 unspecified atom stereocenters. The van der Waals surface area contributed by atoms with Crippen LogP contribution in [0.4, 0.5) is 5.69 Å². The number of anilines is 1. The van der Waals surface area contributed by atoms with Crippen LogP contribution in [0.5, 0.6) is 5.75 Å². The highest BCUT2D eigenvalue weighted by Gasteiger charge is 2.41. The van der Waals surface area contributed by atoms with Gasteiger partial charge in [-0.25, -0.2) is 0 Å². The van der Waals surface area contributed by atoms with Gasteiger partial charge >= 0.3 is 0 Å². The second-order valence-corrected chi connectivity index (χ2v) is 9.51. The first-order chi connectivity index (χ1) is 16.7. The molecule has 1 aromatic heterocycles. The molecule has 0 spiro atoms. The van der Waals surface area contributed by atoms with E-state index in [2.05, 4.69) is 36.0 Å².